The number of carbonyl (C=O) groups is 2. The molecule has 0 saturated heterocycles. The predicted molar refractivity (Wildman–Crippen MR) is 126 cm³/mol. The van der Waals surface area contributed by atoms with Crippen LogP contribution in [0.5, 0.6) is 0 Å². The zero-order chi connectivity index (χ0) is 23.5. The Balaban J connectivity index is 1.55. The average Bonchev–Trinajstić information content (AvgIpc) is 3.17. The highest BCUT2D eigenvalue weighted by molar-refractivity contribution is 6.05. The van der Waals surface area contributed by atoms with Gasteiger partial charge in [-0.15, -0.1) is 0 Å². The third-order valence-corrected chi connectivity index (χ3v) is 5.99. The first-order valence-corrected chi connectivity index (χ1v) is 11.0. The molecule has 0 bridgehead atoms. The van der Waals surface area contributed by atoms with Crippen molar-refractivity contribution in [3.8, 4) is 0 Å². The van der Waals surface area contributed by atoms with Gasteiger partial charge in [-0.2, -0.15) is 0 Å². The molecule has 2 amide bonds. The van der Waals surface area contributed by atoms with E-state index in [-0.39, 0.29) is 24.2 Å². The Morgan fingerprint density at radius 2 is 1.62 bits per heavy atom. The maximum absolute atomic E-state index is 13.7. The predicted octanol–water partition coefficient (Wildman–Crippen LogP) is 4.82. The summed E-state index contributed by atoms with van der Waals surface area (Å²) >= 11 is 0. The Kier molecular flexibility index (Phi) is 5.87. The van der Waals surface area contributed by atoms with Crippen LogP contribution in [-0.4, -0.2) is 21.7 Å². The molecule has 3 aromatic carbocycles. The maximum atomic E-state index is 13.7. The highest BCUT2D eigenvalue weighted by Gasteiger charge is 2.45. The van der Waals surface area contributed by atoms with E-state index in [9.17, 15) is 14.0 Å². The topological polar surface area (TPSA) is 62.3 Å². The smallest absolute Gasteiger partial charge is 0.256 e. The quantitative estimate of drug-likeness (QED) is 0.457. The van der Waals surface area contributed by atoms with Crippen molar-refractivity contribution in [2.45, 2.75) is 18.6 Å². The second-order valence-corrected chi connectivity index (χ2v) is 8.11. The van der Waals surface area contributed by atoms with E-state index >= 15 is 0 Å². The van der Waals surface area contributed by atoms with Crippen LogP contribution in [-0.2, 0) is 11.3 Å². The van der Waals surface area contributed by atoms with Crippen molar-refractivity contribution >= 4 is 11.8 Å². The molecule has 5 nitrogen and oxygen atoms in total. The van der Waals surface area contributed by atoms with E-state index in [4.69, 9.17) is 0 Å². The molecular weight excluding hydrogens is 429 g/mol. The summed E-state index contributed by atoms with van der Waals surface area (Å²) in [6, 6.07) is 26.9. The molecule has 2 heterocycles. The van der Waals surface area contributed by atoms with Crippen molar-refractivity contribution in [2.24, 2.45) is 0 Å². The number of hydrogen-bond donors (Lipinski definition) is 1. The van der Waals surface area contributed by atoms with Crippen LogP contribution in [0.15, 0.2) is 103 Å². The van der Waals surface area contributed by atoms with Crippen molar-refractivity contribution < 1.29 is 14.0 Å². The number of fused-ring (bicyclic) bond motifs is 1. The van der Waals surface area contributed by atoms with Gasteiger partial charge in [-0.05, 0) is 47.0 Å². The van der Waals surface area contributed by atoms with Crippen molar-refractivity contribution in [3.63, 3.8) is 0 Å². The molecule has 2 unspecified atom stereocenters. The fourth-order valence-corrected chi connectivity index (χ4v) is 4.41. The third-order valence-electron chi connectivity index (χ3n) is 5.99. The first kappa shape index (κ1) is 21.5. The maximum Gasteiger partial charge on any atom is 0.256 e. The summed E-state index contributed by atoms with van der Waals surface area (Å²) in [5.74, 6) is -0.867. The monoisotopic (exact) mass is 451 g/mol. The van der Waals surface area contributed by atoms with Crippen LogP contribution < -0.4 is 5.32 Å². The van der Waals surface area contributed by atoms with E-state index in [1.54, 1.807) is 35.4 Å². The molecule has 0 saturated carbocycles. The molecule has 0 radical (unpaired) electrons. The molecule has 1 N–H and O–H groups in total. The Morgan fingerprint density at radius 3 is 2.35 bits per heavy atom. The first-order valence-electron chi connectivity index (χ1n) is 11.0. The summed E-state index contributed by atoms with van der Waals surface area (Å²) in [6.45, 7) is 0.222. The summed E-state index contributed by atoms with van der Waals surface area (Å²) < 4.78 is 13.3. The Morgan fingerprint density at radius 1 is 0.912 bits per heavy atom. The third kappa shape index (κ3) is 4.06. The van der Waals surface area contributed by atoms with Gasteiger partial charge in [-0.3, -0.25) is 14.6 Å². The highest BCUT2D eigenvalue weighted by atomic mass is 19.1. The molecule has 0 aliphatic carbocycles. The van der Waals surface area contributed by atoms with E-state index in [1.165, 1.54) is 12.1 Å². The Labute approximate surface area is 196 Å². The van der Waals surface area contributed by atoms with Crippen LogP contribution in [0.1, 0.15) is 44.8 Å². The van der Waals surface area contributed by atoms with Gasteiger partial charge in [0.05, 0.1) is 5.69 Å². The summed E-state index contributed by atoms with van der Waals surface area (Å²) in [7, 11) is 0. The van der Waals surface area contributed by atoms with Gasteiger partial charge >= 0.3 is 0 Å². The van der Waals surface area contributed by atoms with E-state index < -0.39 is 12.1 Å². The number of aromatic nitrogens is 1. The summed E-state index contributed by atoms with van der Waals surface area (Å²) in [5, 5.41) is 2.93. The molecule has 6 heteroatoms. The second-order valence-electron chi connectivity index (χ2n) is 8.11. The van der Waals surface area contributed by atoms with E-state index in [0.29, 0.717) is 16.8 Å². The number of rotatable bonds is 6. The molecule has 4 aromatic rings. The van der Waals surface area contributed by atoms with Crippen LogP contribution in [0.4, 0.5) is 4.39 Å². The number of nitrogens with zero attached hydrogens (tertiary/aromatic N) is 2. The molecule has 1 aromatic heterocycles. The minimum atomic E-state index is -0.837. The lowest BCUT2D eigenvalue weighted by Gasteiger charge is -2.33. The number of halogens is 1. The molecule has 0 spiro atoms. The van der Waals surface area contributed by atoms with Gasteiger partial charge in [0, 0.05) is 18.3 Å². The largest absolute Gasteiger partial charge is 0.350 e. The Bertz CT molecular complexity index is 1270. The van der Waals surface area contributed by atoms with Crippen LogP contribution in [0.3, 0.4) is 0 Å². The lowest BCUT2D eigenvalue weighted by molar-refractivity contribution is -0.126. The van der Waals surface area contributed by atoms with Crippen molar-refractivity contribution in [2.75, 3.05) is 0 Å². The van der Waals surface area contributed by atoms with Crippen LogP contribution in [0.2, 0.25) is 0 Å². The lowest BCUT2D eigenvalue weighted by atomic mass is 9.98. The van der Waals surface area contributed by atoms with Crippen LogP contribution in [0, 0.1) is 5.82 Å². The molecule has 34 heavy (non-hydrogen) atoms. The molecule has 1 aliphatic heterocycles. The highest BCUT2D eigenvalue weighted by Crippen LogP contribution is 2.42. The van der Waals surface area contributed by atoms with Crippen LogP contribution in [0.25, 0.3) is 0 Å². The molecular formula is C28H22FN3O2. The zero-order valence-electron chi connectivity index (χ0n) is 18.3. The van der Waals surface area contributed by atoms with Crippen molar-refractivity contribution in [1.82, 2.24) is 15.2 Å². The molecule has 168 valence electrons. The molecule has 0 fully saturated rings. The van der Waals surface area contributed by atoms with E-state index in [2.05, 4.69) is 10.3 Å². The first-order chi connectivity index (χ1) is 16.6. The minimum absolute atomic E-state index is 0.222. The van der Waals surface area contributed by atoms with Crippen molar-refractivity contribution in [1.29, 1.82) is 0 Å². The fourth-order valence-electron chi connectivity index (χ4n) is 4.41. The lowest BCUT2D eigenvalue weighted by Crippen LogP contribution is -2.41. The molecule has 1 aliphatic rings. The minimum Gasteiger partial charge on any atom is -0.350 e. The summed E-state index contributed by atoms with van der Waals surface area (Å²) in [6.07, 6.45) is 1.68. The standard InChI is InChI=1S/C28H22FN3O2/c29-21-15-13-19(14-16-21)18-31-27(33)26-22-10-4-5-11-23(22)28(34)32(26)25(20-8-2-1-3-9-20)24-12-6-7-17-30-24/h1-17,25-26H,18H2,(H,31,33). The molecule has 5 rings (SSSR count). The van der Waals surface area contributed by atoms with Gasteiger partial charge in [-0.1, -0.05) is 66.7 Å². The van der Waals surface area contributed by atoms with Gasteiger partial charge in [0.25, 0.3) is 5.91 Å². The second kappa shape index (κ2) is 9.27. The van der Waals surface area contributed by atoms with Crippen molar-refractivity contribution in [3.05, 3.63) is 137 Å². The van der Waals surface area contributed by atoms with Gasteiger partial charge in [0.1, 0.15) is 17.9 Å². The molecule has 2 atom stereocenters. The number of nitrogens with one attached hydrogen (secondary N) is 1. The van der Waals surface area contributed by atoms with E-state index in [0.717, 1.165) is 11.1 Å². The summed E-state index contributed by atoms with van der Waals surface area (Å²) in [5.41, 5.74) is 3.45. The number of amides is 2. The number of carbonyl (C=O) groups excluding carboxylic acids is 2. The van der Waals surface area contributed by atoms with Gasteiger partial charge < -0.3 is 10.2 Å². The van der Waals surface area contributed by atoms with Crippen LogP contribution >= 0.6 is 0 Å². The SMILES string of the molecule is O=C(NCc1ccc(F)cc1)C1c2ccccc2C(=O)N1C(c1ccccc1)c1ccccn1. The van der Waals surface area contributed by atoms with Gasteiger partial charge in [-0.25, -0.2) is 4.39 Å². The zero-order valence-corrected chi connectivity index (χ0v) is 18.3. The Hall–Kier alpha value is -4.32. The number of benzene rings is 3. The fraction of sp³-hybridized carbons (Fsp3) is 0.107. The van der Waals surface area contributed by atoms with E-state index in [1.807, 2.05) is 60.7 Å². The normalized spacial score (nSPS) is 15.6. The number of hydrogen-bond acceptors (Lipinski definition) is 3. The number of pyridine rings is 1. The average molecular weight is 452 g/mol. The van der Waals surface area contributed by atoms with Gasteiger partial charge in [0.15, 0.2) is 0 Å². The van der Waals surface area contributed by atoms with Gasteiger partial charge in [0.2, 0.25) is 5.91 Å². The summed E-state index contributed by atoms with van der Waals surface area (Å²) in [4.78, 5) is 33.4.